The summed E-state index contributed by atoms with van der Waals surface area (Å²) in [6.07, 6.45) is 2.11. The van der Waals surface area contributed by atoms with E-state index in [2.05, 4.69) is 10.3 Å². The minimum absolute atomic E-state index is 0. The van der Waals surface area contributed by atoms with Crippen molar-refractivity contribution in [3.8, 4) is 11.4 Å². The summed E-state index contributed by atoms with van der Waals surface area (Å²) in [6.45, 7) is 1.97. The zero-order chi connectivity index (χ0) is 18.5. The molecule has 0 bridgehead atoms. The fourth-order valence-electron chi connectivity index (χ4n) is 2.71. The van der Waals surface area contributed by atoms with Crippen LogP contribution >= 0.6 is 24.0 Å². The second-order valence-corrected chi connectivity index (χ2v) is 6.78. The maximum atomic E-state index is 12.1. The maximum absolute atomic E-state index is 12.1. The molecule has 1 N–H and O–H groups in total. The Balaban J connectivity index is 0.00000261. The first-order chi connectivity index (χ1) is 12.5. The molecule has 0 saturated heterocycles. The predicted octanol–water partition coefficient (Wildman–Crippen LogP) is 3.24. The molecule has 0 aliphatic rings. The molecule has 144 valence electrons. The normalized spacial score (nSPS) is 10.8. The third kappa shape index (κ3) is 5.42. The van der Waals surface area contributed by atoms with Gasteiger partial charge in [0.25, 0.3) is 0 Å². The van der Waals surface area contributed by atoms with Gasteiger partial charge in [-0.15, -0.1) is 12.4 Å². The number of nitrogens with zero attached hydrogens (tertiary/aromatic N) is 4. The van der Waals surface area contributed by atoms with Gasteiger partial charge in [0.1, 0.15) is 11.3 Å². The first kappa shape index (κ1) is 21.2. The third-order valence-electron chi connectivity index (χ3n) is 4.05. The number of halogens is 2. The zero-order valence-corrected chi connectivity index (χ0v) is 16.9. The fraction of sp³-hybridized carbons (Fsp3) is 0.316. The van der Waals surface area contributed by atoms with Crippen LogP contribution in [-0.2, 0) is 11.3 Å². The first-order valence-corrected chi connectivity index (χ1v) is 8.91. The van der Waals surface area contributed by atoms with Gasteiger partial charge in [-0.2, -0.15) is 0 Å². The van der Waals surface area contributed by atoms with Gasteiger partial charge in [0, 0.05) is 42.8 Å². The van der Waals surface area contributed by atoms with Crippen LogP contribution in [-0.4, -0.2) is 52.5 Å². The summed E-state index contributed by atoms with van der Waals surface area (Å²) in [4.78, 5) is 23.3. The van der Waals surface area contributed by atoms with E-state index in [1.54, 1.807) is 6.20 Å². The van der Waals surface area contributed by atoms with Crippen LogP contribution < -0.4 is 5.32 Å². The van der Waals surface area contributed by atoms with Gasteiger partial charge in [-0.3, -0.25) is 4.79 Å². The van der Waals surface area contributed by atoms with E-state index in [0.29, 0.717) is 24.5 Å². The van der Waals surface area contributed by atoms with Crippen molar-refractivity contribution in [2.75, 3.05) is 27.2 Å². The van der Waals surface area contributed by atoms with Crippen LogP contribution in [0, 0.1) is 0 Å². The number of hydrogen-bond donors (Lipinski definition) is 1. The lowest BCUT2D eigenvalue weighted by Gasteiger charge is -2.11. The Labute approximate surface area is 170 Å². The van der Waals surface area contributed by atoms with Gasteiger partial charge in [0.05, 0.1) is 0 Å². The number of rotatable bonds is 7. The number of nitrogens with one attached hydrogen (secondary N) is 1. The topological polar surface area (TPSA) is 63.1 Å². The second kappa shape index (κ2) is 9.69. The smallest absolute Gasteiger partial charge is 0.221 e. The summed E-state index contributed by atoms with van der Waals surface area (Å²) < 4.78 is 1.99. The molecule has 0 radical (unpaired) electrons. The monoisotopic (exact) mass is 407 g/mol. The summed E-state index contributed by atoms with van der Waals surface area (Å²) in [5, 5.41) is 3.61. The number of aromatic nitrogens is 3. The van der Waals surface area contributed by atoms with Crippen molar-refractivity contribution in [3.63, 3.8) is 0 Å². The lowest BCUT2D eigenvalue weighted by Crippen LogP contribution is -2.31. The quantitative estimate of drug-likeness (QED) is 0.652. The molecule has 0 saturated carbocycles. The predicted molar refractivity (Wildman–Crippen MR) is 111 cm³/mol. The van der Waals surface area contributed by atoms with E-state index in [1.807, 2.05) is 60.0 Å². The summed E-state index contributed by atoms with van der Waals surface area (Å²) in [5.41, 5.74) is 2.53. The molecular weight excluding hydrogens is 385 g/mol. The highest BCUT2D eigenvalue weighted by molar-refractivity contribution is 6.30. The molecule has 1 aromatic carbocycles. The number of carbonyl (C=O) groups excluding carboxylic acids is 1. The first-order valence-electron chi connectivity index (χ1n) is 8.53. The second-order valence-electron chi connectivity index (χ2n) is 6.34. The van der Waals surface area contributed by atoms with Crippen LogP contribution in [0.15, 0.2) is 42.6 Å². The Kier molecular flexibility index (Phi) is 7.59. The van der Waals surface area contributed by atoms with Crippen LogP contribution in [0.1, 0.15) is 6.42 Å². The van der Waals surface area contributed by atoms with Gasteiger partial charge in [0.15, 0.2) is 5.65 Å². The van der Waals surface area contributed by atoms with E-state index < -0.39 is 0 Å². The molecule has 6 nitrogen and oxygen atoms in total. The number of aryl methyl sites for hydroxylation is 1. The van der Waals surface area contributed by atoms with E-state index in [1.165, 1.54) is 0 Å². The van der Waals surface area contributed by atoms with Crippen molar-refractivity contribution in [3.05, 3.63) is 47.6 Å². The average Bonchev–Trinajstić information content (AvgIpc) is 2.99. The van der Waals surface area contributed by atoms with Gasteiger partial charge < -0.3 is 14.8 Å². The summed E-state index contributed by atoms with van der Waals surface area (Å²) in [7, 11) is 3.96. The molecule has 0 aliphatic heterocycles. The molecule has 0 aliphatic carbocycles. The maximum Gasteiger partial charge on any atom is 0.221 e. The molecule has 2 aromatic heterocycles. The van der Waals surface area contributed by atoms with Crippen molar-refractivity contribution in [1.82, 2.24) is 24.8 Å². The molecule has 27 heavy (non-hydrogen) atoms. The largest absolute Gasteiger partial charge is 0.355 e. The highest BCUT2D eigenvalue weighted by Crippen LogP contribution is 2.25. The van der Waals surface area contributed by atoms with E-state index in [4.69, 9.17) is 16.6 Å². The summed E-state index contributed by atoms with van der Waals surface area (Å²) in [6, 6.07) is 11.3. The molecular formula is C19H23Cl2N5O. The van der Waals surface area contributed by atoms with Crippen LogP contribution in [0.4, 0.5) is 0 Å². The Morgan fingerprint density at radius 1 is 1.22 bits per heavy atom. The molecule has 0 unspecified atom stereocenters. The molecule has 8 heteroatoms. The molecule has 3 rings (SSSR count). The van der Waals surface area contributed by atoms with Crippen molar-refractivity contribution < 1.29 is 4.79 Å². The molecule has 0 atom stereocenters. The van der Waals surface area contributed by atoms with Gasteiger partial charge in [-0.1, -0.05) is 11.6 Å². The number of benzene rings is 1. The van der Waals surface area contributed by atoms with E-state index in [-0.39, 0.29) is 18.3 Å². The Morgan fingerprint density at radius 3 is 2.67 bits per heavy atom. The van der Waals surface area contributed by atoms with Gasteiger partial charge >= 0.3 is 0 Å². The number of hydrogen-bond acceptors (Lipinski definition) is 4. The van der Waals surface area contributed by atoms with Gasteiger partial charge in [-0.05, 0) is 50.5 Å². The standard InChI is InChI=1S/C19H22ClN5O.ClH/c1-24(2)13-11-21-17(26)9-12-25-18(14-5-7-15(20)8-6-14)23-16-4-3-10-22-19(16)25;/h3-8,10H,9,11-13H2,1-2H3,(H,21,26);1H. The van der Waals surface area contributed by atoms with Crippen molar-refractivity contribution in [2.45, 2.75) is 13.0 Å². The molecule has 3 aromatic rings. The van der Waals surface area contributed by atoms with Crippen LogP contribution in [0.3, 0.4) is 0 Å². The van der Waals surface area contributed by atoms with Crippen molar-refractivity contribution >= 4 is 41.1 Å². The van der Waals surface area contributed by atoms with Crippen molar-refractivity contribution in [2.24, 2.45) is 0 Å². The van der Waals surface area contributed by atoms with Crippen LogP contribution in [0.5, 0.6) is 0 Å². The minimum Gasteiger partial charge on any atom is -0.355 e. The average molecular weight is 408 g/mol. The fourth-order valence-corrected chi connectivity index (χ4v) is 2.84. The van der Waals surface area contributed by atoms with Crippen LogP contribution in [0.25, 0.3) is 22.6 Å². The molecule has 0 spiro atoms. The number of pyridine rings is 1. The van der Waals surface area contributed by atoms with E-state index in [9.17, 15) is 4.79 Å². The Bertz CT molecular complexity index is 893. The number of amides is 1. The summed E-state index contributed by atoms with van der Waals surface area (Å²) >= 11 is 6.00. The van der Waals surface area contributed by atoms with Gasteiger partial charge in [0.2, 0.25) is 5.91 Å². The Morgan fingerprint density at radius 2 is 1.96 bits per heavy atom. The van der Waals surface area contributed by atoms with E-state index in [0.717, 1.165) is 29.1 Å². The highest BCUT2D eigenvalue weighted by Gasteiger charge is 2.14. The number of imidazole rings is 1. The van der Waals surface area contributed by atoms with Crippen molar-refractivity contribution in [1.29, 1.82) is 0 Å². The summed E-state index contributed by atoms with van der Waals surface area (Å²) in [5.74, 6) is 0.808. The SMILES string of the molecule is CN(C)CCNC(=O)CCn1c(-c2ccc(Cl)cc2)nc2cccnc21.Cl. The number of likely N-dealkylation sites (N-methyl/N-ethyl adjacent to an activating group) is 1. The lowest BCUT2D eigenvalue weighted by molar-refractivity contribution is -0.121. The van der Waals surface area contributed by atoms with Crippen LogP contribution in [0.2, 0.25) is 5.02 Å². The zero-order valence-electron chi connectivity index (χ0n) is 15.4. The molecule has 2 heterocycles. The molecule has 1 amide bonds. The van der Waals surface area contributed by atoms with Gasteiger partial charge in [-0.25, -0.2) is 9.97 Å². The van der Waals surface area contributed by atoms with E-state index >= 15 is 0 Å². The lowest BCUT2D eigenvalue weighted by atomic mass is 10.2. The number of carbonyl (C=O) groups is 1. The third-order valence-corrected chi connectivity index (χ3v) is 4.30. The minimum atomic E-state index is 0. The Hall–Kier alpha value is -2.15. The molecule has 0 fully saturated rings. The highest BCUT2D eigenvalue weighted by atomic mass is 35.5. The number of fused-ring (bicyclic) bond motifs is 1.